The second-order valence-electron chi connectivity index (χ2n) is 1.97. The van der Waals surface area contributed by atoms with Crippen LogP contribution >= 0.6 is 0 Å². The van der Waals surface area contributed by atoms with E-state index in [0.717, 1.165) is 13.8 Å². The molecule has 0 rings (SSSR count). The summed E-state index contributed by atoms with van der Waals surface area (Å²) in [7, 11) is 0. The van der Waals surface area contributed by atoms with E-state index in [4.69, 9.17) is 0 Å². The molecule has 0 aliphatic heterocycles. The molecule has 0 radical (unpaired) electrons. The maximum Gasteiger partial charge on any atom is 0.350 e. The molecule has 0 unspecified atom stereocenters. The molecule has 0 spiro atoms. The average molecular weight is 134 g/mol. The number of rotatable bonds is 2. The Balaban J connectivity index is 3.88. The lowest BCUT2D eigenvalue weighted by Crippen LogP contribution is -2.27. The van der Waals surface area contributed by atoms with E-state index in [9.17, 15) is 14.0 Å². The van der Waals surface area contributed by atoms with Crippen molar-refractivity contribution in [1.82, 2.24) is 0 Å². The minimum Gasteiger partial charge on any atom is -0.393 e. The van der Waals surface area contributed by atoms with Crippen molar-refractivity contribution in [3.05, 3.63) is 0 Å². The third kappa shape index (κ3) is 2.79. The van der Waals surface area contributed by atoms with Gasteiger partial charge in [0.25, 0.3) is 0 Å². The maximum absolute atomic E-state index is 12.3. The third-order valence-electron chi connectivity index (χ3n) is 0.641. The molecular formula is C5H7FO3. The van der Waals surface area contributed by atoms with E-state index in [1.807, 2.05) is 0 Å². The van der Waals surface area contributed by atoms with Crippen molar-refractivity contribution in [3.8, 4) is 0 Å². The van der Waals surface area contributed by atoms with E-state index in [-0.39, 0.29) is 6.47 Å². The zero-order chi connectivity index (χ0) is 7.49. The van der Waals surface area contributed by atoms with Gasteiger partial charge in [0.2, 0.25) is 5.67 Å². The molecular weight excluding hydrogens is 127 g/mol. The summed E-state index contributed by atoms with van der Waals surface area (Å²) in [4.78, 5) is 19.7. The summed E-state index contributed by atoms with van der Waals surface area (Å²) in [5.41, 5.74) is -2.08. The molecule has 0 atom stereocenters. The quantitative estimate of drug-likeness (QED) is 0.312. The van der Waals surface area contributed by atoms with Crippen molar-refractivity contribution in [2.45, 2.75) is 19.5 Å². The van der Waals surface area contributed by atoms with Crippen molar-refractivity contribution in [3.63, 3.8) is 0 Å². The van der Waals surface area contributed by atoms with E-state index >= 15 is 0 Å². The maximum atomic E-state index is 12.3. The van der Waals surface area contributed by atoms with Gasteiger partial charge < -0.3 is 4.74 Å². The minimum absolute atomic E-state index is 0.0936. The molecule has 0 fully saturated rings. The van der Waals surface area contributed by atoms with E-state index in [1.54, 1.807) is 0 Å². The minimum atomic E-state index is -2.08. The van der Waals surface area contributed by atoms with Gasteiger partial charge >= 0.3 is 12.4 Å². The Hall–Kier alpha value is -0.930. The van der Waals surface area contributed by atoms with Crippen LogP contribution in [0.1, 0.15) is 13.8 Å². The lowest BCUT2D eigenvalue weighted by molar-refractivity contribution is -0.160. The largest absolute Gasteiger partial charge is 0.393 e. The first-order valence-corrected chi connectivity index (χ1v) is 2.32. The Morgan fingerprint density at radius 1 is 1.67 bits per heavy atom. The number of carbonyl (C=O) groups excluding carboxylic acids is 2. The van der Waals surface area contributed by atoms with Crippen molar-refractivity contribution in [1.29, 1.82) is 0 Å². The topological polar surface area (TPSA) is 43.4 Å². The Morgan fingerprint density at radius 3 is 2.22 bits per heavy atom. The van der Waals surface area contributed by atoms with E-state index in [0.29, 0.717) is 0 Å². The van der Waals surface area contributed by atoms with Crippen molar-refractivity contribution in [2.75, 3.05) is 0 Å². The number of esters is 1. The highest BCUT2D eigenvalue weighted by Crippen LogP contribution is 2.08. The Bertz CT molecular complexity index is 125. The van der Waals surface area contributed by atoms with Crippen LogP contribution in [0.3, 0.4) is 0 Å². The van der Waals surface area contributed by atoms with Gasteiger partial charge in [-0.25, -0.2) is 9.18 Å². The highest BCUT2D eigenvalue weighted by Gasteiger charge is 2.28. The summed E-state index contributed by atoms with van der Waals surface area (Å²) in [5, 5.41) is 0. The van der Waals surface area contributed by atoms with Crippen molar-refractivity contribution < 1.29 is 18.7 Å². The fraction of sp³-hybridized carbons (Fsp3) is 0.600. The van der Waals surface area contributed by atoms with Gasteiger partial charge in [-0.3, -0.25) is 4.79 Å². The van der Waals surface area contributed by atoms with Crippen molar-refractivity contribution >= 4 is 12.4 Å². The first-order valence-electron chi connectivity index (χ1n) is 2.32. The molecule has 0 aromatic carbocycles. The Kier molecular flexibility index (Phi) is 2.30. The molecule has 0 saturated heterocycles. The van der Waals surface area contributed by atoms with Gasteiger partial charge in [-0.2, -0.15) is 0 Å². The molecule has 0 aromatic heterocycles. The van der Waals surface area contributed by atoms with E-state index in [1.165, 1.54) is 0 Å². The molecule has 0 aliphatic carbocycles. The molecule has 0 aromatic rings. The van der Waals surface area contributed by atoms with E-state index in [2.05, 4.69) is 4.74 Å². The van der Waals surface area contributed by atoms with Crippen LogP contribution in [-0.2, 0) is 14.3 Å². The van der Waals surface area contributed by atoms with Gasteiger partial charge in [-0.1, -0.05) is 0 Å². The molecule has 0 aliphatic rings. The Labute approximate surface area is 51.8 Å². The lowest BCUT2D eigenvalue weighted by Gasteiger charge is -2.07. The second kappa shape index (κ2) is 2.57. The van der Waals surface area contributed by atoms with Gasteiger partial charge in [-0.15, -0.1) is 0 Å². The first kappa shape index (κ1) is 8.07. The Morgan fingerprint density at radius 2 is 2.11 bits per heavy atom. The molecule has 3 nitrogen and oxygen atoms in total. The second-order valence-corrected chi connectivity index (χ2v) is 1.97. The van der Waals surface area contributed by atoms with Crippen LogP contribution in [0.2, 0.25) is 0 Å². The molecule has 0 amide bonds. The van der Waals surface area contributed by atoms with Crippen LogP contribution in [0.4, 0.5) is 4.39 Å². The van der Waals surface area contributed by atoms with Crippen LogP contribution in [-0.4, -0.2) is 18.1 Å². The highest BCUT2D eigenvalue weighted by molar-refractivity contribution is 5.83. The standard InChI is InChI=1S/C5H7FO3/c1-5(2,6)4(8)9-3-7/h3H,1-2H3. The summed E-state index contributed by atoms with van der Waals surface area (Å²) >= 11 is 0. The highest BCUT2D eigenvalue weighted by atomic mass is 19.1. The summed E-state index contributed by atoms with van der Waals surface area (Å²) in [6.45, 7) is 1.93. The normalized spacial score (nSPS) is 10.6. The number of hydrogen-bond acceptors (Lipinski definition) is 3. The average Bonchev–Trinajstić information content (AvgIpc) is 1.64. The summed E-state index contributed by atoms with van der Waals surface area (Å²) < 4.78 is 16.0. The molecule has 0 saturated carbocycles. The predicted molar refractivity (Wildman–Crippen MR) is 27.3 cm³/mol. The van der Waals surface area contributed by atoms with Crippen LogP contribution in [0.25, 0.3) is 0 Å². The van der Waals surface area contributed by atoms with Gasteiger partial charge in [-0.05, 0) is 13.8 Å². The van der Waals surface area contributed by atoms with Crippen LogP contribution in [0.15, 0.2) is 0 Å². The zero-order valence-corrected chi connectivity index (χ0v) is 5.18. The number of carbonyl (C=O) groups is 2. The zero-order valence-electron chi connectivity index (χ0n) is 5.18. The number of halogens is 1. The van der Waals surface area contributed by atoms with Crippen molar-refractivity contribution in [2.24, 2.45) is 0 Å². The molecule has 4 heteroatoms. The van der Waals surface area contributed by atoms with Gasteiger partial charge in [0, 0.05) is 0 Å². The van der Waals surface area contributed by atoms with Crippen LogP contribution < -0.4 is 0 Å². The predicted octanol–water partition coefficient (Wildman–Crippen LogP) is 0.434. The lowest BCUT2D eigenvalue weighted by atomic mass is 10.2. The SMILES string of the molecule is CC(C)(F)C(=O)OC=O. The number of ether oxygens (including phenoxy) is 1. The van der Waals surface area contributed by atoms with Crippen LogP contribution in [0, 0.1) is 0 Å². The summed E-state index contributed by atoms with van der Waals surface area (Å²) in [5.74, 6) is -1.17. The van der Waals surface area contributed by atoms with Gasteiger partial charge in [0.1, 0.15) is 0 Å². The molecule has 0 N–H and O–H groups in total. The molecule has 52 valence electrons. The number of alkyl halides is 1. The van der Waals surface area contributed by atoms with Gasteiger partial charge in [0.05, 0.1) is 0 Å². The van der Waals surface area contributed by atoms with E-state index < -0.39 is 11.6 Å². The number of hydrogen-bond donors (Lipinski definition) is 0. The van der Waals surface area contributed by atoms with Crippen LogP contribution in [0.5, 0.6) is 0 Å². The fourth-order valence-corrected chi connectivity index (χ4v) is 0.184. The first-order chi connectivity index (χ1) is 3.98. The van der Waals surface area contributed by atoms with Gasteiger partial charge in [0.15, 0.2) is 0 Å². The summed E-state index contributed by atoms with van der Waals surface area (Å²) in [6.07, 6.45) is 0. The molecule has 9 heavy (non-hydrogen) atoms. The third-order valence-corrected chi connectivity index (χ3v) is 0.641. The molecule has 0 bridgehead atoms. The fourth-order valence-electron chi connectivity index (χ4n) is 0.184. The smallest absolute Gasteiger partial charge is 0.350 e. The molecule has 0 heterocycles. The monoisotopic (exact) mass is 134 g/mol. The summed E-state index contributed by atoms with van der Waals surface area (Å²) in [6, 6.07) is 0.